The van der Waals surface area contributed by atoms with Gasteiger partial charge in [-0.05, 0) is 37.6 Å². The maximum atomic E-state index is 12.2. The van der Waals surface area contributed by atoms with Gasteiger partial charge >= 0.3 is 0 Å². The highest BCUT2D eigenvalue weighted by Crippen LogP contribution is 2.15. The van der Waals surface area contributed by atoms with E-state index in [-0.39, 0.29) is 16.8 Å². The van der Waals surface area contributed by atoms with Gasteiger partial charge in [0.2, 0.25) is 0 Å². The minimum Gasteiger partial charge on any atom is -0.392 e. The molecule has 1 aromatic rings. The van der Waals surface area contributed by atoms with Gasteiger partial charge in [-0.15, -0.1) is 0 Å². The topological polar surface area (TPSA) is 81.4 Å². The van der Waals surface area contributed by atoms with Crippen LogP contribution >= 0.6 is 0 Å². The summed E-state index contributed by atoms with van der Waals surface area (Å²) >= 11 is 0. The molecule has 1 aromatic carbocycles. The summed E-state index contributed by atoms with van der Waals surface area (Å²) in [6, 6.07) is 8.02. The molecule has 0 bridgehead atoms. The smallest absolute Gasteiger partial charge is 0.179 e. The van der Waals surface area contributed by atoms with Crippen LogP contribution in [0.25, 0.3) is 0 Å². The Morgan fingerprint density at radius 1 is 1.45 bits per heavy atom. The van der Waals surface area contributed by atoms with Crippen LogP contribution in [0.4, 0.5) is 0 Å². The molecule has 1 unspecified atom stereocenters. The molecule has 2 rings (SSSR count). The van der Waals surface area contributed by atoms with Gasteiger partial charge in [0.25, 0.3) is 0 Å². The summed E-state index contributed by atoms with van der Waals surface area (Å²) in [5, 5.41) is 18.4. The van der Waals surface area contributed by atoms with Crippen molar-refractivity contribution in [1.82, 2.24) is 4.90 Å². The number of aliphatic hydroxyl groups is 1. The van der Waals surface area contributed by atoms with E-state index in [0.717, 1.165) is 19.4 Å². The summed E-state index contributed by atoms with van der Waals surface area (Å²) in [5.74, 6) is 0.00853. The zero-order valence-electron chi connectivity index (χ0n) is 11.2. The van der Waals surface area contributed by atoms with Crippen LogP contribution in [0.1, 0.15) is 18.4 Å². The van der Waals surface area contributed by atoms with Crippen molar-refractivity contribution in [2.45, 2.75) is 23.8 Å². The van der Waals surface area contributed by atoms with Crippen LogP contribution in [0, 0.1) is 11.3 Å². The van der Waals surface area contributed by atoms with E-state index in [4.69, 9.17) is 5.26 Å². The molecule has 0 aromatic heterocycles. The van der Waals surface area contributed by atoms with Crippen LogP contribution in [0.15, 0.2) is 29.2 Å². The zero-order chi connectivity index (χ0) is 14.6. The van der Waals surface area contributed by atoms with Crippen LogP contribution in [0.3, 0.4) is 0 Å². The van der Waals surface area contributed by atoms with Gasteiger partial charge in [-0.2, -0.15) is 5.26 Å². The fourth-order valence-corrected chi connectivity index (χ4v) is 3.69. The molecule has 0 amide bonds. The molecule has 1 N–H and O–H groups in total. The number of aliphatic hydroxyl groups excluding tert-OH is 1. The number of nitrogens with zero attached hydrogens (tertiary/aromatic N) is 2. The highest BCUT2D eigenvalue weighted by atomic mass is 32.2. The number of sulfone groups is 1. The Kier molecular flexibility index (Phi) is 4.76. The predicted octanol–water partition coefficient (Wildman–Crippen LogP) is 0.789. The normalized spacial score (nSPS) is 20.5. The van der Waals surface area contributed by atoms with Gasteiger partial charge in [0.15, 0.2) is 9.84 Å². The fourth-order valence-electron chi connectivity index (χ4n) is 2.36. The number of β-amino-alcohol motifs (C(OH)–C–C–N with tert-alkyl or cyclic N) is 1. The Labute approximate surface area is 119 Å². The first-order valence-corrected chi connectivity index (χ1v) is 8.30. The number of likely N-dealkylation sites (tertiary alicyclic amines) is 1. The number of rotatable bonds is 4. The molecular weight excluding hydrogens is 276 g/mol. The molecule has 1 saturated heterocycles. The summed E-state index contributed by atoms with van der Waals surface area (Å²) < 4.78 is 24.5. The first-order valence-electron chi connectivity index (χ1n) is 6.64. The van der Waals surface area contributed by atoms with Crippen molar-refractivity contribution in [1.29, 1.82) is 5.26 Å². The van der Waals surface area contributed by atoms with Crippen LogP contribution in [-0.4, -0.2) is 49.9 Å². The first kappa shape index (κ1) is 15.0. The zero-order valence-corrected chi connectivity index (χ0v) is 12.0. The monoisotopic (exact) mass is 294 g/mol. The third-order valence-corrected chi connectivity index (χ3v) is 5.17. The SMILES string of the molecule is N#Cc1cccc(S(=O)(=O)CCN2CCCC(O)C2)c1. The van der Waals surface area contributed by atoms with E-state index in [1.165, 1.54) is 12.1 Å². The number of nitriles is 1. The molecule has 0 aliphatic carbocycles. The number of piperidine rings is 1. The van der Waals surface area contributed by atoms with Crippen molar-refractivity contribution >= 4 is 9.84 Å². The van der Waals surface area contributed by atoms with E-state index >= 15 is 0 Å². The van der Waals surface area contributed by atoms with Gasteiger partial charge in [0, 0.05) is 13.1 Å². The van der Waals surface area contributed by atoms with Crippen molar-refractivity contribution in [3.05, 3.63) is 29.8 Å². The van der Waals surface area contributed by atoms with Gasteiger partial charge in [0.05, 0.1) is 28.4 Å². The van der Waals surface area contributed by atoms with Gasteiger partial charge < -0.3 is 5.11 Å². The number of hydrogen-bond acceptors (Lipinski definition) is 5. The van der Waals surface area contributed by atoms with Crippen LogP contribution in [-0.2, 0) is 9.84 Å². The van der Waals surface area contributed by atoms with Crippen molar-refractivity contribution in [2.24, 2.45) is 0 Å². The molecule has 5 nitrogen and oxygen atoms in total. The molecule has 1 heterocycles. The third-order valence-electron chi connectivity index (χ3n) is 3.48. The molecule has 1 aliphatic rings. The predicted molar refractivity (Wildman–Crippen MR) is 74.9 cm³/mol. The number of benzene rings is 1. The van der Waals surface area contributed by atoms with Crippen LogP contribution in [0.5, 0.6) is 0 Å². The van der Waals surface area contributed by atoms with Crippen molar-refractivity contribution in [3.63, 3.8) is 0 Å². The third kappa shape index (κ3) is 3.79. The summed E-state index contributed by atoms with van der Waals surface area (Å²) in [5.41, 5.74) is 0.347. The Balaban J connectivity index is 2.02. The Morgan fingerprint density at radius 3 is 2.95 bits per heavy atom. The standard InChI is InChI=1S/C14H18N2O3S/c15-10-12-3-1-5-14(9-12)20(18,19)8-7-16-6-2-4-13(17)11-16/h1,3,5,9,13,17H,2,4,6-8,11H2. The molecule has 0 radical (unpaired) electrons. The molecular formula is C14H18N2O3S. The van der Waals surface area contributed by atoms with E-state index in [0.29, 0.717) is 18.7 Å². The van der Waals surface area contributed by atoms with E-state index in [1.807, 2.05) is 11.0 Å². The molecule has 0 spiro atoms. The Hall–Kier alpha value is -1.42. The number of hydrogen-bond donors (Lipinski definition) is 1. The Bertz CT molecular complexity index is 607. The van der Waals surface area contributed by atoms with E-state index in [9.17, 15) is 13.5 Å². The van der Waals surface area contributed by atoms with Gasteiger partial charge in [-0.1, -0.05) is 6.07 Å². The fraction of sp³-hybridized carbons (Fsp3) is 0.500. The summed E-state index contributed by atoms with van der Waals surface area (Å²) in [4.78, 5) is 2.16. The average Bonchev–Trinajstić information content (AvgIpc) is 2.45. The van der Waals surface area contributed by atoms with Crippen LogP contribution < -0.4 is 0 Å². The van der Waals surface area contributed by atoms with Gasteiger partial charge in [-0.3, -0.25) is 4.90 Å². The second-order valence-corrected chi connectivity index (χ2v) is 7.16. The van der Waals surface area contributed by atoms with Gasteiger partial charge in [0.1, 0.15) is 0 Å². The Morgan fingerprint density at radius 2 is 2.25 bits per heavy atom. The van der Waals surface area contributed by atoms with Crippen molar-refractivity contribution in [2.75, 3.05) is 25.4 Å². The molecule has 1 aliphatic heterocycles. The lowest BCUT2D eigenvalue weighted by molar-refractivity contribution is 0.0741. The lowest BCUT2D eigenvalue weighted by Crippen LogP contribution is -2.40. The minimum atomic E-state index is -3.38. The lowest BCUT2D eigenvalue weighted by atomic mass is 10.1. The summed E-state index contributed by atoms with van der Waals surface area (Å²) in [7, 11) is -3.38. The largest absolute Gasteiger partial charge is 0.392 e. The molecule has 1 atom stereocenters. The summed E-state index contributed by atoms with van der Waals surface area (Å²) in [6.07, 6.45) is 1.33. The molecule has 0 saturated carbocycles. The lowest BCUT2D eigenvalue weighted by Gasteiger charge is -2.29. The maximum Gasteiger partial charge on any atom is 0.179 e. The highest BCUT2D eigenvalue weighted by molar-refractivity contribution is 7.91. The average molecular weight is 294 g/mol. The first-order chi connectivity index (χ1) is 9.51. The molecule has 108 valence electrons. The minimum absolute atomic E-state index is 0.00853. The quantitative estimate of drug-likeness (QED) is 0.888. The van der Waals surface area contributed by atoms with E-state index in [1.54, 1.807) is 12.1 Å². The molecule has 20 heavy (non-hydrogen) atoms. The highest BCUT2D eigenvalue weighted by Gasteiger charge is 2.21. The van der Waals surface area contributed by atoms with E-state index in [2.05, 4.69) is 0 Å². The second kappa shape index (κ2) is 6.35. The molecule has 6 heteroatoms. The second-order valence-electron chi connectivity index (χ2n) is 5.06. The van der Waals surface area contributed by atoms with Gasteiger partial charge in [-0.25, -0.2) is 8.42 Å². The molecule has 1 fully saturated rings. The van der Waals surface area contributed by atoms with E-state index < -0.39 is 9.84 Å². The summed E-state index contributed by atoms with van der Waals surface area (Å²) in [6.45, 7) is 1.77. The maximum absolute atomic E-state index is 12.2. The van der Waals surface area contributed by atoms with Crippen molar-refractivity contribution < 1.29 is 13.5 Å². The van der Waals surface area contributed by atoms with Crippen molar-refractivity contribution in [3.8, 4) is 6.07 Å². The van der Waals surface area contributed by atoms with Crippen LogP contribution in [0.2, 0.25) is 0 Å².